The fourth-order valence-corrected chi connectivity index (χ4v) is 6.35. The second-order valence-electron chi connectivity index (χ2n) is 9.18. The van der Waals surface area contributed by atoms with E-state index in [1.54, 1.807) is 12.1 Å². The number of hydrogen-bond donors (Lipinski definition) is 2. The van der Waals surface area contributed by atoms with E-state index in [1.165, 1.54) is 0 Å². The van der Waals surface area contributed by atoms with Crippen LogP contribution in [-0.2, 0) is 14.6 Å². The molecule has 4 aromatic rings. The molecule has 0 bridgehead atoms. The number of rotatable bonds is 6. The Kier molecular flexibility index (Phi) is 5.32. The zero-order valence-corrected chi connectivity index (χ0v) is 19.8. The first-order valence-corrected chi connectivity index (χ1v) is 13.3. The van der Waals surface area contributed by atoms with Crippen molar-refractivity contribution in [3.05, 3.63) is 54.2 Å². The molecule has 2 aliphatic rings. The lowest BCUT2D eigenvalue weighted by atomic mass is 9.99. The van der Waals surface area contributed by atoms with Gasteiger partial charge in [0.25, 0.3) is 0 Å². The largest absolute Gasteiger partial charge is 0.489 e. The summed E-state index contributed by atoms with van der Waals surface area (Å²) in [5.41, 5.74) is 4.49. The second kappa shape index (κ2) is 8.37. The Labute approximate surface area is 198 Å². The number of fused-ring (bicyclic) bond motifs is 3. The number of morpholine rings is 1. The molecule has 2 aromatic carbocycles. The van der Waals surface area contributed by atoms with Gasteiger partial charge in [-0.1, -0.05) is 12.1 Å². The normalized spacial score (nSPS) is 19.0. The highest BCUT2D eigenvalue weighted by Crippen LogP contribution is 2.40. The number of nitrogens with zero attached hydrogens (tertiary/aromatic N) is 1. The highest BCUT2D eigenvalue weighted by molar-refractivity contribution is 7.92. The average Bonchev–Trinajstić information content (AvgIpc) is 3.66. The average molecular weight is 478 g/mol. The van der Waals surface area contributed by atoms with E-state index in [9.17, 15) is 8.42 Å². The van der Waals surface area contributed by atoms with Crippen molar-refractivity contribution < 1.29 is 17.9 Å². The van der Waals surface area contributed by atoms with Crippen molar-refractivity contribution in [3.8, 4) is 16.9 Å². The number of aromatic nitrogens is 2. The van der Waals surface area contributed by atoms with E-state index in [0.717, 1.165) is 70.3 Å². The number of aryl methyl sites for hydroxylation is 1. The van der Waals surface area contributed by atoms with Crippen molar-refractivity contribution >= 4 is 31.8 Å². The van der Waals surface area contributed by atoms with E-state index in [4.69, 9.17) is 9.47 Å². The molecule has 1 saturated carbocycles. The summed E-state index contributed by atoms with van der Waals surface area (Å²) in [5.74, 6) is 0.727. The predicted octanol–water partition coefficient (Wildman–Crippen LogP) is 3.99. The highest BCUT2D eigenvalue weighted by atomic mass is 32.2. The molecule has 0 spiro atoms. The van der Waals surface area contributed by atoms with E-state index < -0.39 is 9.84 Å². The summed E-state index contributed by atoms with van der Waals surface area (Å²) in [6.45, 7) is 4.76. The zero-order valence-electron chi connectivity index (χ0n) is 19.0. The Hall–Kier alpha value is -2.94. The van der Waals surface area contributed by atoms with E-state index in [0.29, 0.717) is 18.1 Å². The van der Waals surface area contributed by atoms with Crippen LogP contribution in [-0.4, -0.2) is 56.0 Å². The van der Waals surface area contributed by atoms with Crippen LogP contribution >= 0.6 is 0 Å². The third-order valence-corrected chi connectivity index (χ3v) is 8.83. The maximum absolute atomic E-state index is 12.9. The molecule has 3 heterocycles. The van der Waals surface area contributed by atoms with Gasteiger partial charge in [-0.25, -0.2) is 13.4 Å². The lowest BCUT2D eigenvalue weighted by molar-refractivity contribution is 0.000483. The molecule has 7 nitrogen and oxygen atoms in total. The molecule has 2 aromatic heterocycles. The molecule has 1 aliphatic heterocycles. The topological polar surface area (TPSA) is 93.3 Å². The number of ether oxygens (including phenoxy) is 2. The molecule has 2 N–H and O–H groups in total. The molecule has 0 radical (unpaired) electrons. The minimum atomic E-state index is -3.28. The first-order valence-electron chi connectivity index (χ1n) is 11.7. The zero-order chi connectivity index (χ0) is 23.3. The maximum atomic E-state index is 12.9. The van der Waals surface area contributed by atoms with Gasteiger partial charge in [-0.2, -0.15) is 0 Å². The summed E-state index contributed by atoms with van der Waals surface area (Å²) >= 11 is 0. The van der Waals surface area contributed by atoms with Gasteiger partial charge in [0.15, 0.2) is 9.84 Å². The van der Waals surface area contributed by atoms with Crippen LogP contribution in [0.3, 0.4) is 0 Å². The monoisotopic (exact) mass is 477 g/mol. The number of pyridine rings is 1. The van der Waals surface area contributed by atoms with Gasteiger partial charge in [-0.3, -0.25) is 0 Å². The molecule has 1 atom stereocenters. The van der Waals surface area contributed by atoms with Gasteiger partial charge >= 0.3 is 0 Å². The lowest BCUT2D eigenvalue weighted by Crippen LogP contribution is -2.41. The van der Waals surface area contributed by atoms with Crippen molar-refractivity contribution in [2.24, 2.45) is 0 Å². The van der Waals surface area contributed by atoms with E-state index >= 15 is 0 Å². The van der Waals surface area contributed by atoms with Crippen LogP contribution in [0, 0.1) is 6.92 Å². The third-order valence-electron chi connectivity index (χ3n) is 6.57. The smallest absolute Gasteiger partial charge is 0.181 e. The van der Waals surface area contributed by atoms with Gasteiger partial charge in [0.05, 0.1) is 22.3 Å². The van der Waals surface area contributed by atoms with Gasteiger partial charge < -0.3 is 19.8 Å². The van der Waals surface area contributed by atoms with Gasteiger partial charge in [0.1, 0.15) is 24.1 Å². The summed E-state index contributed by atoms with van der Waals surface area (Å²) in [6.07, 6.45) is 3.33. The number of aromatic amines is 1. The van der Waals surface area contributed by atoms with Crippen LogP contribution in [0.2, 0.25) is 0 Å². The Morgan fingerprint density at radius 1 is 1.18 bits per heavy atom. The van der Waals surface area contributed by atoms with E-state index in [-0.39, 0.29) is 11.4 Å². The van der Waals surface area contributed by atoms with Crippen LogP contribution in [0.15, 0.2) is 53.6 Å². The highest BCUT2D eigenvalue weighted by Gasteiger charge is 2.37. The molecule has 34 heavy (non-hydrogen) atoms. The van der Waals surface area contributed by atoms with Crippen molar-refractivity contribution in [3.63, 3.8) is 0 Å². The van der Waals surface area contributed by atoms with Crippen LogP contribution in [0.4, 0.5) is 0 Å². The van der Waals surface area contributed by atoms with Crippen LogP contribution in [0.1, 0.15) is 18.4 Å². The molecule has 8 heteroatoms. The molecule has 0 amide bonds. The lowest BCUT2D eigenvalue weighted by Gasteiger charge is -2.23. The minimum Gasteiger partial charge on any atom is -0.489 e. The quantitative estimate of drug-likeness (QED) is 0.436. The van der Waals surface area contributed by atoms with E-state index in [2.05, 4.69) is 21.4 Å². The molecular weight excluding hydrogens is 450 g/mol. The maximum Gasteiger partial charge on any atom is 0.181 e. The fraction of sp³-hybridized carbons (Fsp3) is 0.346. The molecular formula is C26H27N3O4S. The fourth-order valence-electron chi connectivity index (χ4n) is 4.65. The number of benzene rings is 2. The molecule has 2 fully saturated rings. The van der Waals surface area contributed by atoms with Crippen molar-refractivity contribution in [1.29, 1.82) is 0 Å². The molecule has 176 valence electrons. The van der Waals surface area contributed by atoms with Crippen molar-refractivity contribution in [2.45, 2.75) is 36.0 Å². The summed E-state index contributed by atoms with van der Waals surface area (Å²) < 4.78 is 37.8. The van der Waals surface area contributed by atoms with Gasteiger partial charge in [0.2, 0.25) is 0 Å². The number of nitrogens with one attached hydrogen (secondary N) is 2. The Bertz CT molecular complexity index is 1480. The SMILES string of the molecule is Cc1cnc2[nH]c3c(OC[C@@H]4CNCCO4)ccc(-c4cccc(S(=O)(=O)C5CC5)c4)c3c2c1. The van der Waals surface area contributed by atoms with Crippen LogP contribution in [0.5, 0.6) is 5.75 Å². The molecule has 1 aliphatic carbocycles. The number of H-pyrrole nitrogens is 1. The molecule has 0 unspecified atom stereocenters. The summed E-state index contributed by atoms with van der Waals surface area (Å²) in [6, 6.07) is 13.3. The second-order valence-corrected chi connectivity index (χ2v) is 11.4. The first-order chi connectivity index (χ1) is 16.5. The Balaban J connectivity index is 1.47. The van der Waals surface area contributed by atoms with Gasteiger partial charge in [-0.15, -0.1) is 0 Å². The summed E-state index contributed by atoms with van der Waals surface area (Å²) in [7, 11) is -3.28. The minimum absolute atomic E-state index is 0.00228. The summed E-state index contributed by atoms with van der Waals surface area (Å²) in [5, 5.41) is 5.05. The third kappa shape index (κ3) is 3.85. The molecule has 6 rings (SSSR count). The number of hydrogen-bond acceptors (Lipinski definition) is 6. The predicted molar refractivity (Wildman–Crippen MR) is 132 cm³/mol. The van der Waals surface area contributed by atoms with Crippen LogP contribution < -0.4 is 10.1 Å². The Morgan fingerprint density at radius 2 is 2.06 bits per heavy atom. The van der Waals surface area contributed by atoms with Crippen molar-refractivity contribution in [2.75, 3.05) is 26.3 Å². The van der Waals surface area contributed by atoms with Gasteiger partial charge in [0, 0.05) is 30.1 Å². The number of sulfone groups is 1. The summed E-state index contributed by atoms with van der Waals surface area (Å²) in [4.78, 5) is 8.41. The standard InChI is InChI=1S/C26H27N3O4S/c1-16-11-22-24-21(17-3-2-4-20(12-17)34(30,31)19-5-6-19)7-8-23(25(24)29-26(22)28-13-16)33-15-18-14-27-9-10-32-18/h2-4,7-8,11-13,18-19,27H,5-6,9-10,14-15H2,1H3,(H,28,29)/t18-/m0/s1. The van der Waals surface area contributed by atoms with Gasteiger partial charge in [-0.05, 0) is 66.8 Å². The Morgan fingerprint density at radius 3 is 2.85 bits per heavy atom. The van der Waals surface area contributed by atoms with E-state index in [1.807, 2.05) is 37.4 Å². The first kappa shape index (κ1) is 21.6. The van der Waals surface area contributed by atoms with Crippen LogP contribution in [0.25, 0.3) is 33.1 Å². The van der Waals surface area contributed by atoms with Crippen molar-refractivity contribution in [1.82, 2.24) is 15.3 Å². The molecule has 1 saturated heterocycles.